The molecule has 10 nitrogen and oxygen atoms in total. The van der Waals surface area contributed by atoms with Crippen molar-refractivity contribution in [3.63, 3.8) is 0 Å². The summed E-state index contributed by atoms with van der Waals surface area (Å²) in [5.41, 5.74) is 0. The zero-order valence-corrected chi connectivity index (χ0v) is 38.4. The molecule has 0 heterocycles. The van der Waals surface area contributed by atoms with Gasteiger partial charge in [0.25, 0.3) is 7.82 Å². The minimum atomic E-state index is -4.67. The normalized spacial score (nSPS) is 14.9. The molecule has 0 radical (unpaired) electrons. The molecule has 3 atom stereocenters. The maximum atomic E-state index is 12.7. The second-order valence-electron chi connectivity index (χ2n) is 15.9. The van der Waals surface area contributed by atoms with E-state index in [0.29, 0.717) is 36.7 Å². The highest BCUT2D eigenvalue weighted by Crippen LogP contribution is 2.38. The quantitative estimate of drug-likeness (QED) is 0.0160. The number of aliphatic hydroxyl groups is 1. The number of nitrogens with zero attached hydrogens (tertiary/aromatic N) is 1. The minimum absolute atomic E-state index is 0.0529. The number of likely N-dealkylation sites (N-methyl/N-ethyl adjacent to an activating group) is 1. The van der Waals surface area contributed by atoms with E-state index in [-0.39, 0.29) is 26.1 Å². The number of hydrogen-bond acceptors (Lipinski definition) is 9. The summed E-state index contributed by atoms with van der Waals surface area (Å²) in [4.78, 5) is 37.5. The van der Waals surface area contributed by atoms with Crippen LogP contribution >= 0.6 is 7.82 Å². The van der Waals surface area contributed by atoms with Gasteiger partial charge in [0.2, 0.25) is 0 Å². The molecule has 0 saturated heterocycles. The average molecular weight is 848 g/mol. The summed E-state index contributed by atoms with van der Waals surface area (Å²) < 4.78 is 33.7. The van der Waals surface area contributed by atoms with Crippen molar-refractivity contribution in [3.05, 3.63) is 85.1 Å². The minimum Gasteiger partial charge on any atom is -0.756 e. The summed E-state index contributed by atoms with van der Waals surface area (Å²) >= 11 is 0. The molecule has 0 rings (SSSR count). The molecule has 0 bridgehead atoms. The van der Waals surface area contributed by atoms with Gasteiger partial charge in [0, 0.05) is 12.8 Å². The molecule has 0 spiro atoms. The van der Waals surface area contributed by atoms with Gasteiger partial charge in [-0.2, -0.15) is 0 Å². The van der Waals surface area contributed by atoms with Crippen LogP contribution in [-0.2, 0) is 32.7 Å². The molecule has 0 amide bonds. The number of rotatable bonds is 39. The van der Waals surface area contributed by atoms with Gasteiger partial charge in [-0.15, -0.1) is 0 Å². The Kier molecular flexibility index (Phi) is 37.4. The largest absolute Gasteiger partial charge is 0.756 e. The molecule has 0 fully saturated rings. The lowest BCUT2D eigenvalue weighted by atomic mass is 10.1. The fourth-order valence-corrected chi connectivity index (χ4v) is 6.19. The first-order valence-electron chi connectivity index (χ1n) is 22.4. The number of ether oxygens (including phenoxy) is 2. The molecule has 11 heteroatoms. The van der Waals surface area contributed by atoms with Crippen LogP contribution < -0.4 is 4.89 Å². The fourth-order valence-electron chi connectivity index (χ4n) is 5.46. The van der Waals surface area contributed by atoms with E-state index < -0.39 is 38.6 Å². The van der Waals surface area contributed by atoms with E-state index in [4.69, 9.17) is 18.5 Å². The second kappa shape index (κ2) is 39.3. The molecule has 0 aromatic heterocycles. The van der Waals surface area contributed by atoms with Gasteiger partial charge in [0.05, 0.1) is 33.9 Å². The fraction of sp³-hybridized carbons (Fsp3) is 0.667. The van der Waals surface area contributed by atoms with Gasteiger partial charge < -0.3 is 33.0 Å². The summed E-state index contributed by atoms with van der Waals surface area (Å²) in [6.07, 6.45) is 46.4. The highest BCUT2D eigenvalue weighted by molar-refractivity contribution is 7.45. The molecule has 0 aromatic rings. The third-order valence-corrected chi connectivity index (χ3v) is 9.96. The van der Waals surface area contributed by atoms with E-state index >= 15 is 0 Å². The van der Waals surface area contributed by atoms with Crippen molar-refractivity contribution in [1.82, 2.24) is 0 Å². The van der Waals surface area contributed by atoms with Crippen LogP contribution in [0.4, 0.5) is 0 Å². The lowest BCUT2D eigenvalue weighted by molar-refractivity contribution is -0.870. The van der Waals surface area contributed by atoms with Crippen molar-refractivity contribution in [2.75, 3.05) is 47.5 Å². The number of esters is 2. The molecule has 0 aliphatic carbocycles. The second-order valence-corrected chi connectivity index (χ2v) is 17.3. The number of quaternary nitrogens is 1. The van der Waals surface area contributed by atoms with Crippen LogP contribution in [0.3, 0.4) is 0 Å². The Morgan fingerprint density at radius 2 is 1.22 bits per heavy atom. The number of hydrogen-bond donors (Lipinski definition) is 1. The van der Waals surface area contributed by atoms with Crippen LogP contribution in [0, 0.1) is 0 Å². The van der Waals surface area contributed by atoms with Crippen molar-refractivity contribution in [1.29, 1.82) is 0 Å². The molecule has 0 aromatic carbocycles. The van der Waals surface area contributed by atoms with Gasteiger partial charge in [0.1, 0.15) is 19.8 Å². The first kappa shape index (κ1) is 56.1. The van der Waals surface area contributed by atoms with Crippen molar-refractivity contribution in [2.24, 2.45) is 0 Å². The molecule has 338 valence electrons. The Labute approximate surface area is 359 Å². The third kappa shape index (κ3) is 43.1. The Morgan fingerprint density at radius 1 is 0.644 bits per heavy atom. The van der Waals surface area contributed by atoms with E-state index in [9.17, 15) is 24.2 Å². The average Bonchev–Trinajstić information content (AvgIpc) is 3.18. The van der Waals surface area contributed by atoms with Crippen molar-refractivity contribution in [3.8, 4) is 0 Å². The summed E-state index contributed by atoms with van der Waals surface area (Å²) in [6, 6.07) is 0. The summed E-state index contributed by atoms with van der Waals surface area (Å²) in [7, 11) is 1.06. The standard InChI is InChI=1S/C48H82NO9P/c1-6-8-10-12-14-16-18-19-20-21-22-24-26-31-35-39-47(51)55-43-46(44-57-59(53,54)56-42-41-49(3,4)5)58-48(52)40-36-32-28-27-30-34-38-45(50)37-33-29-25-23-17-15-13-11-9-7-2/h9,11,15,17,19-20,25,28-30,32-34,37,45-46,50H,6-8,10,12-14,16,18,21-24,26-27,31,35-36,38-44H2,1-5H3/b11-9-,17-15-,20-19-,29-25-,32-28-,34-30-,37-33+. The van der Waals surface area contributed by atoms with Gasteiger partial charge in [-0.05, 0) is 70.6 Å². The Morgan fingerprint density at radius 3 is 1.88 bits per heavy atom. The van der Waals surface area contributed by atoms with Gasteiger partial charge in [-0.1, -0.05) is 150 Å². The zero-order chi connectivity index (χ0) is 43.7. The predicted molar refractivity (Wildman–Crippen MR) is 242 cm³/mol. The lowest BCUT2D eigenvalue weighted by Gasteiger charge is -2.28. The van der Waals surface area contributed by atoms with Crippen LogP contribution in [0.5, 0.6) is 0 Å². The number of carbonyl (C=O) groups is 2. The van der Waals surface area contributed by atoms with Gasteiger partial charge in [-0.3, -0.25) is 14.2 Å². The highest BCUT2D eigenvalue weighted by Gasteiger charge is 2.21. The Bertz CT molecular complexity index is 1300. The number of allylic oxidation sites excluding steroid dienone is 12. The van der Waals surface area contributed by atoms with Crippen LogP contribution in [0.25, 0.3) is 0 Å². The van der Waals surface area contributed by atoms with Gasteiger partial charge >= 0.3 is 11.9 Å². The van der Waals surface area contributed by atoms with Gasteiger partial charge in [-0.25, -0.2) is 0 Å². The SMILES string of the molecule is CC/C=C\C/C=C\C/C=C\C=C\C(O)C/C=C\C/C=C\CCC(=O)OC(COC(=O)CCCCCCC/C=C\CCCCCCCC)COP(=O)([O-])OCC[N+](C)(C)C. The summed E-state index contributed by atoms with van der Waals surface area (Å²) in [5.74, 6) is -0.998. The lowest BCUT2D eigenvalue weighted by Crippen LogP contribution is -2.37. The van der Waals surface area contributed by atoms with E-state index in [1.807, 2.05) is 63.7 Å². The van der Waals surface area contributed by atoms with Crippen molar-refractivity contribution >= 4 is 19.8 Å². The molecule has 3 unspecified atom stereocenters. The number of phosphoric ester groups is 1. The van der Waals surface area contributed by atoms with E-state index in [0.717, 1.165) is 51.4 Å². The smallest absolute Gasteiger partial charge is 0.306 e. The van der Waals surface area contributed by atoms with Crippen LogP contribution in [0.1, 0.15) is 149 Å². The number of unbranched alkanes of at least 4 members (excludes halogenated alkanes) is 11. The monoisotopic (exact) mass is 848 g/mol. The number of carbonyl (C=O) groups excluding carboxylic acids is 2. The molecule has 59 heavy (non-hydrogen) atoms. The van der Waals surface area contributed by atoms with E-state index in [2.05, 4.69) is 50.3 Å². The first-order chi connectivity index (χ1) is 28.4. The third-order valence-electron chi connectivity index (χ3n) is 8.99. The molecule has 0 aliphatic heterocycles. The number of aliphatic hydroxyl groups excluding tert-OH is 1. The van der Waals surface area contributed by atoms with Crippen LogP contribution in [-0.4, -0.2) is 81.2 Å². The number of phosphoric acid groups is 1. The zero-order valence-electron chi connectivity index (χ0n) is 37.5. The van der Waals surface area contributed by atoms with E-state index in [1.165, 1.54) is 44.9 Å². The molecular weight excluding hydrogens is 766 g/mol. The van der Waals surface area contributed by atoms with E-state index in [1.54, 1.807) is 6.08 Å². The van der Waals surface area contributed by atoms with Crippen molar-refractivity contribution < 1.29 is 47.2 Å². The maximum absolute atomic E-state index is 12.7. The van der Waals surface area contributed by atoms with Crippen LogP contribution in [0.2, 0.25) is 0 Å². The molecule has 0 saturated carbocycles. The topological polar surface area (TPSA) is 131 Å². The predicted octanol–water partition coefficient (Wildman–Crippen LogP) is 11.1. The summed E-state index contributed by atoms with van der Waals surface area (Å²) in [5, 5.41) is 10.1. The molecular formula is C48H82NO9P. The highest BCUT2D eigenvalue weighted by atomic mass is 31.2. The molecule has 1 N–H and O–H groups in total. The Hall–Kier alpha value is -2.85. The first-order valence-corrected chi connectivity index (χ1v) is 23.9. The van der Waals surface area contributed by atoms with Crippen LogP contribution in [0.15, 0.2) is 85.1 Å². The van der Waals surface area contributed by atoms with Gasteiger partial charge in [0.15, 0.2) is 6.10 Å². The summed E-state index contributed by atoms with van der Waals surface area (Å²) in [6.45, 7) is 3.90. The Balaban J connectivity index is 4.59. The maximum Gasteiger partial charge on any atom is 0.306 e. The van der Waals surface area contributed by atoms with Crippen molar-refractivity contribution in [2.45, 2.75) is 161 Å². The molecule has 0 aliphatic rings.